The maximum Gasteiger partial charge on any atom is 0.315 e. The van der Waals surface area contributed by atoms with Gasteiger partial charge in [0.05, 0.1) is 6.54 Å². The molecular weight excluding hydrogens is 352 g/mol. The molecule has 4 N–H and O–H groups in total. The Kier molecular flexibility index (Phi) is 7.72. The first-order valence-electron chi connectivity index (χ1n) is 9.26. The first-order valence-corrected chi connectivity index (χ1v) is 9.26. The lowest BCUT2D eigenvalue weighted by Gasteiger charge is -2.23. The molecule has 26 heavy (non-hydrogen) atoms. The van der Waals surface area contributed by atoms with Gasteiger partial charge in [0.2, 0.25) is 5.91 Å². The van der Waals surface area contributed by atoms with Crippen LogP contribution >= 0.6 is 12.4 Å². The normalized spacial score (nSPS) is 23.2. The summed E-state index contributed by atoms with van der Waals surface area (Å²) in [5.41, 5.74) is 7.39. The maximum atomic E-state index is 12.4. The van der Waals surface area contributed by atoms with Crippen LogP contribution in [-0.2, 0) is 4.79 Å². The van der Waals surface area contributed by atoms with Crippen LogP contribution in [0.5, 0.6) is 0 Å². The molecule has 1 aromatic rings. The monoisotopic (exact) mass is 380 g/mol. The van der Waals surface area contributed by atoms with E-state index in [2.05, 4.69) is 10.6 Å². The van der Waals surface area contributed by atoms with Crippen LogP contribution < -0.4 is 16.4 Å². The predicted octanol–water partition coefficient (Wildman–Crippen LogP) is 1.99. The first-order chi connectivity index (χ1) is 12.1. The van der Waals surface area contributed by atoms with Gasteiger partial charge < -0.3 is 21.3 Å². The topological polar surface area (TPSA) is 87.5 Å². The lowest BCUT2D eigenvalue weighted by atomic mass is 9.95. The summed E-state index contributed by atoms with van der Waals surface area (Å²) in [5.74, 6) is 0.0777. The second kappa shape index (κ2) is 9.78. The van der Waals surface area contributed by atoms with Crippen LogP contribution in [0, 0.1) is 0 Å². The molecule has 2 atom stereocenters. The number of urea groups is 1. The van der Waals surface area contributed by atoms with Crippen molar-refractivity contribution < 1.29 is 9.59 Å². The van der Waals surface area contributed by atoms with Gasteiger partial charge in [-0.2, -0.15) is 0 Å². The highest BCUT2D eigenvalue weighted by Crippen LogP contribution is 2.26. The fourth-order valence-electron chi connectivity index (χ4n) is 3.84. The van der Waals surface area contributed by atoms with Crippen molar-refractivity contribution in [3.8, 4) is 0 Å². The molecule has 7 heteroatoms. The van der Waals surface area contributed by atoms with Crippen LogP contribution in [-0.4, -0.2) is 48.6 Å². The molecule has 3 rings (SSSR count). The van der Waals surface area contributed by atoms with Gasteiger partial charge in [-0.05, 0) is 18.4 Å². The molecule has 0 aromatic heterocycles. The third-order valence-electron chi connectivity index (χ3n) is 5.29. The summed E-state index contributed by atoms with van der Waals surface area (Å²) >= 11 is 0. The summed E-state index contributed by atoms with van der Waals surface area (Å²) in [6.45, 7) is 1.16. The smallest absolute Gasteiger partial charge is 0.315 e. The van der Waals surface area contributed by atoms with Crippen molar-refractivity contribution in [2.45, 2.75) is 50.1 Å². The van der Waals surface area contributed by atoms with Gasteiger partial charge in [-0.15, -0.1) is 12.4 Å². The minimum atomic E-state index is -0.247. The van der Waals surface area contributed by atoms with E-state index < -0.39 is 0 Å². The molecule has 1 aromatic carbocycles. The van der Waals surface area contributed by atoms with Crippen molar-refractivity contribution in [2.75, 3.05) is 19.6 Å². The molecule has 1 aliphatic carbocycles. The van der Waals surface area contributed by atoms with E-state index in [1.165, 1.54) is 6.42 Å². The Morgan fingerprint density at radius 3 is 2.46 bits per heavy atom. The van der Waals surface area contributed by atoms with E-state index >= 15 is 0 Å². The zero-order chi connectivity index (χ0) is 17.6. The molecule has 1 saturated heterocycles. The summed E-state index contributed by atoms with van der Waals surface area (Å²) in [7, 11) is 0. The third-order valence-corrected chi connectivity index (χ3v) is 5.29. The van der Waals surface area contributed by atoms with E-state index in [1.54, 1.807) is 4.90 Å². The highest BCUT2D eigenvalue weighted by atomic mass is 35.5. The number of carbonyl (C=O) groups excluding carboxylic acids is 2. The number of hydrogen-bond donors (Lipinski definition) is 3. The lowest BCUT2D eigenvalue weighted by molar-refractivity contribution is -0.129. The minimum absolute atomic E-state index is 0. The van der Waals surface area contributed by atoms with Gasteiger partial charge in [0, 0.05) is 31.1 Å². The average molecular weight is 381 g/mol. The number of carbonyl (C=O) groups is 2. The van der Waals surface area contributed by atoms with Gasteiger partial charge in [-0.25, -0.2) is 4.79 Å². The number of nitrogens with one attached hydrogen (secondary N) is 2. The van der Waals surface area contributed by atoms with Crippen LogP contribution in [0.15, 0.2) is 30.3 Å². The molecule has 1 saturated carbocycles. The number of nitrogens with zero attached hydrogens (tertiary/aromatic N) is 1. The Morgan fingerprint density at radius 2 is 1.77 bits per heavy atom. The summed E-state index contributed by atoms with van der Waals surface area (Å²) in [4.78, 5) is 26.1. The van der Waals surface area contributed by atoms with E-state index in [1.807, 2.05) is 30.3 Å². The number of rotatable bonds is 4. The quantitative estimate of drug-likeness (QED) is 0.746. The number of halogens is 1. The summed E-state index contributed by atoms with van der Waals surface area (Å²) in [5, 5.41) is 5.66. The molecule has 6 nitrogen and oxygen atoms in total. The molecule has 0 unspecified atom stereocenters. The van der Waals surface area contributed by atoms with E-state index in [4.69, 9.17) is 5.73 Å². The standard InChI is InChI=1S/C19H28N4O2.ClH/c20-17-13-23(12-16(17)14-7-3-1-4-8-14)18(24)11-21-19(25)22-15-9-5-2-6-10-15;/h1,3-4,7-8,15-17H,2,5-6,9-13,20H2,(H2,21,22,25);1H/t16-,17+;/m0./s1. The molecule has 2 aliphatic rings. The molecule has 0 radical (unpaired) electrons. The fourth-order valence-corrected chi connectivity index (χ4v) is 3.84. The number of benzene rings is 1. The van der Waals surface area contributed by atoms with Crippen LogP contribution in [0.1, 0.15) is 43.6 Å². The van der Waals surface area contributed by atoms with Gasteiger partial charge in [-0.3, -0.25) is 4.79 Å². The highest BCUT2D eigenvalue weighted by Gasteiger charge is 2.33. The van der Waals surface area contributed by atoms with E-state index in [0.29, 0.717) is 13.1 Å². The molecule has 0 bridgehead atoms. The largest absolute Gasteiger partial charge is 0.339 e. The van der Waals surface area contributed by atoms with Crippen molar-refractivity contribution in [1.82, 2.24) is 15.5 Å². The van der Waals surface area contributed by atoms with Gasteiger partial charge in [0.15, 0.2) is 0 Å². The summed E-state index contributed by atoms with van der Waals surface area (Å²) in [6, 6.07) is 9.98. The Balaban J connectivity index is 0.00000243. The molecule has 3 amide bonds. The lowest BCUT2D eigenvalue weighted by Crippen LogP contribution is -2.47. The van der Waals surface area contributed by atoms with E-state index in [9.17, 15) is 9.59 Å². The second-order valence-corrected chi connectivity index (χ2v) is 7.14. The van der Waals surface area contributed by atoms with Crippen LogP contribution in [0.25, 0.3) is 0 Å². The number of hydrogen-bond acceptors (Lipinski definition) is 3. The van der Waals surface area contributed by atoms with Crippen molar-refractivity contribution in [1.29, 1.82) is 0 Å². The Labute approximate surface area is 161 Å². The highest BCUT2D eigenvalue weighted by molar-refractivity contribution is 5.85. The summed E-state index contributed by atoms with van der Waals surface area (Å²) < 4.78 is 0. The fraction of sp³-hybridized carbons (Fsp3) is 0.579. The second-order valence-electron chi connectivity index (χ2n) is 7.14. The van der Waals surface area contributed by atoms with Crippen molar-refractivity contribution >= 4 is 24.3 Å². The van der Waals surface area contributed by atoms with Crippen LogP contribution in [0.2, 0.25) is 0 Å². The summed E-state index contributed by atoms with van der Waals surface area (Å²) in [6.07, 6.45) is 5.63. The van der Waals surface area contributed by atoms with E-state index in [0.717, 1.165) is 31.2 Å². The van der Waals surface area contributed by atoms with Crippen molar-refractivity contribution in [3.63, 3.8) is 0 Å². The van der Waals surface area contributed by atoms with Crippen molar-refractivity contribution in [2.24, 2.45) is 5.73 Å². The molecular formula is C19H29ClN4O2. The zero-order valence-corrected chi connectivity index (χ0v) is 15.8. The SMILES string of the molecule is Cl.N[C@@H]1CN(C(=O)CNC(=O)NC2CCCCC2)C[C@H]1c1ccccc1. The Bertz CT molecular complexity index is 592. The van der Waals surface area contributed by atoms with Crippen LogP contribution in [0.4, 0.5) is 4.79 Å². The molecule has 1 heterocycles. The molecule has 0 spiro atoms. The van der Waals surface area contributed by atoms with Gasteiger partial charge in [-0.1, -0.05) is 49.6 Å². The average Bonchev–Trinajstić information content (AvgIpc) is 3.03. The number of nitrogens with two attached hydrogens (primary N) is 1. The molecule has 2 fully saturated rings. The van der Waals surface area contributed by atoms with Gasteiger partial charge >= 0.3 is 6.03 Å². The number of amides is 3. The minimum Gasteiger partial charge on any atom is -0.339 e. The molecule has 1 aliphatic heterocycles. The van der Waals surface area contributed by atoms with Gasteiger partial charge in [0.1, 0.15) is 0 Å². The Hall–Kier alpha value is -1.79. The van der Waals surface area contributed by atoms with E-state index in [-0.39, 0.29) is 48.9 Å². The Morgan fingerprint density at radius 1 is 1.08 bits per heavy atom. The molecule has 144 valence electrons. The first kappa shape index (κ1) is 20.5. The number of likely N-dealkylation sites (tertiary alicyclic amines) is 1. The third kappa shape index (κ3) is 5.35. The zero-order valence-electron chi connectivity index (χ0n) is 15.0. The predicted molar refractivity (Wildman–Crippen MR) is 104 cm³/mol. The van der Waals surface area contributed by atoms with Crippen LogP contribution in [0.3, 0.4) is 0 Å². The van der Waals surface area contributed by atoms with Gasteiger partial charge in [0.25, 0.3) is 0 Å². The maximum absolute atomic E-state index is 12.4. The van der Waals surface area contributed by atoms with Crippen molar-refractivity contribution in [3.05, 3.63) is 35.9 Å².